The second kappa shape index (κ2) is 6.98. The molecule has 1 N–H and O–H groups in total. The fourth-order valence-electron chi connectivity index (χ4n) is 3.44. The summed E-state index contributed by atoms with van der Waals surface area (Å²) in [7, 11) is 1.70. The van der Waals surface area contributed by atoms with E-state index in [0.717, 1.165) is 54.4 Å². The maximum Gasteiger partial charge on any atom is 0.147 e. The number of fused-ring (bicyclic) bond motifs is 1. The van der Waals surface area contributed by atoms with Crippen LogP contribution in [0.2, 0.25) is 0 Å². The Balaban J connectivity index is 1.61. The number of rotatable bonds is 5. The number of hydrogen-bond acceptors (Lipinski definition) is 6. The van der Waals surface area contributed by atoms with Gasteiger partial charge in [-0.25, -0.2) is 9.97 Å². The van der Waals surface area contributed by atoms with Crippen molar-refractivity contribution in [2.75, 3.05) is 32.2 Å². The number of ether oxygens (including phenoxy) is 2. The standard InChI is InChI=1S/C19H21N3O2S/c1-23-15-4-2-14(3-5-15)19(7-9-24-10-8-19)12-20-18-17-16(6-11-25-17)21-13-22-18/h2-6,11,13H,7-10,12H2,1H3,(H,20,21,22). The maximum atomic E-state index is 5.62. The molecule has 1 aliphatic rings. The molecule has 5 nitrogen and oxygen atoms in total. The van der Waals surface area contributed by atoms with E-state index in [0.29, 0.717) is 0 Å². The number of hydrogen-bond donors (Lipinski definition) is 1. The summed E-state index contributed by atoms with van der Waals surface area (Å²) in [5.74, 6) is 1.80. The van der Waals surface area contributed by atoms with Crippen LogP contribution in [-0.2, 0) is 10.2 Å². The zero-order valence-corrected chi connectivity index (χ0v) is 15.0. The van der Waals surface area contributed by atoms with Gasteiger partial charge in [0, 0.05) is 25.2 Å². The van der Waals surface area contributed by atoms with Crippen molar-refractivity contribution in [3.05, 3.63) is 47.6 Å². The van der Waals surface area contributed by atoms with Crippen LogP contribution in [0.4, 0.5) is 5.82 Å². The molecule has 6 heteroatoms. The number of nitrogens with zero attached hydrogens (tertiary/aromatic N) is 2. The van der Waals surface area contributed by atoms with E-state index < -0.39 is 0 Å². The predicted molar refractivity (Wildman–Crippen MR) is 101 cm³/mol. The molecule has 2 aromatic heterocycles. The lowest BCUT2D eigenvalue weighted by atomic mass is 9.74. The Morgan fingerprint density at radius 3 is 2.72 bits per heavy atom. The third-order valence-corrected chi connectivity index (χ3v) is 5.90. The van der Waals surface area contributed by atoms with Crippen molar-refractivity contribution < 1.29 is 9.47 Å². The Hall–Kier alpha value is -2.18. The van der Waals surface area contributed by atoms with Crippen molar-refractivity contribution in [3.63, 3.8) is 0 Å². The molecule has 0 spiro atoms. The number of benzene rings is 1. The lowest BCUT2D eigenvalue weighted by molar-refractivity contribution is 0.0543. The molecule has 1 aromatic carbocycles. The third-order valence-electron chi connectivity index (χ3n) is 4.99. The maximum absolute atomic E-state index is 5.62. The highest BCUT2D eigenvalue weighted by Crippen LogP contribution is 2.36. The number of thiophene rings is 1. The Morgan fingerprint density at radius 2 is 1.96 bits per heavy atom. The summed E-state index contributed by atoms with van der Waals surface area (Å²) in [5.41, 5.74) is 2.35. The third kappa shape index (κ3) is 3.19. The summed E-state index contributed by atoms with van der Waals surface area (Å²) >= 11 is 1.67. The normalized spacial score (nSPS) is 16.7. The topological polar surface area (TPSA) is 56.3 Å². The van der Waals surface area contributed by atoms with Crippen molar-refractivity contribution in [2.45, 2.75) is 18.3 Å². The molecule has 0 saturated carbocycles. The predicted octanol–water partition coefficient (Wildman–Crippen LogP) is 3.86. The summed E-state index contributed by atoms with van der Waals surface area (Å²) in [5, 5.41) is 5.64. The van der Waals surface area contributed by atoms with Crippen LogP contribution in [-0.4, -0.2) is 36.8 Å². The molecule has 1 aliphatic heterocycles. The first-order valence-corrected chi connectivity index (χ1v) is 9.33. The van der Waals surface area contributed by atoms with Gasteiger partial charge in [0.1, 0.15) is 17.9 Å². The van der Waals surface area contributed by atoms with Crippen LogP contribution in [0.1, 0.15) is 18.4 Å². The highest BCUT2D eigenvalue weighted by molar-refractivity contribution is 7.17. The monoisotopic (exact) mass is 355 g/mol. The molecular formula is C19H21N3O2S. The van der Waals surface area contributed by atoms with Gasteiger partial charge in [-0.05, 0) is 42.0 Å². The zero-order valence-electron chi connectivity index (χ0n) is 14.2. The number of nitrogens with one attached hydrogen (secondary N) is 1. The van der Waals surface area contributed by atoms with Crippen molar-refractivity contribution in [3.8, 4) is 5.75 Å². The Labute approximate surface area is 151 Å². The Bertz CT molecular complexity index is 841. The quantitative estimate of drug-likeness (QED) is 0.753. The van der Waals surface area contributed by atoms with Crippen LogP contribution >= 0.6 is 11.3 Å². The first-order valence-electron chi connectivity index (χ1n) is 8.45. The van der Waals surface area contributed by atoms with Crippen LogP contribution in [0.3, 0.4) is 0 Å². The van der Waals surface area contributed by atoms with Crippen LogP contribution in [0.25, 0.3) is 10.2 Å². The molecule has 1 fully saturated rings. The smallest absolute Gasteiger partial charge is 0.147 e. The molecule has 1 saturated heterocycles. The van der Waals surface area contributed by atoms with E-state index in [9.17, 15) is 0 Å². The minimum Gasteiger partial charge on any atom is -0.497 e. The van der Waals surface area contributed by atoms with Crippen molar-refractivity contribution in [1.82, 2.24) is 9.97 Å². The summed E-state index contributed by atoms with van der Waals surface area (Å²) in [6.45, 7) is 2.39. The van der Waals surface area contributed by atoms with E-state index in [1.807, 2.05) is 18.2 Å². The molecule has 0 amide bonds. The molecule has 0 bridgehead atoms. The summed E-state index contributed by atoms with van der Waals surface area (Å²) < 4.78 is 12.0. The summed E-state index contributed by atoms with van der Waals surface area (Å²) in [4.78, 5) is 8.77. The second-order valence-corrected chi connectivity index (χ2v) is 7.25. The first-order chi connectivity index (χ1) is 12.3. The van der Waals surface area contributed by atoms with Crippen LogP contribution in [0.15, 0.2) is 42.0 Å². The van der Waals surface area contributed by atoms with Gasteiger partial charge in [0.05, 0.1) is 17.3 Å². The molecule has 3 aromatic rings. The number of aromatic nitrogens is 2. The SMILES string of the molecule is COc1ccc(C2(CNc3ncnc4ccsc34)CCOCC2)cc1. The molecule has 0 unspecified atom stereocenters. The van der Waals surface area contributed by atoms with Gasteiger partial charge in [-0.15, -0.1) is 11.3 Å². The Kier molecular flexibility index (Phi) is 4.55. The lowest BCUT2D eigenvalue weighted by Crippen LogP contribution is -2.40. The van der Waals surface area contributed by atoms with Gasteiger partial charge >= 0.3 is 0 Å². The van der Waals surface area contributed by atoms with Gasteiger partial charge in [-0.2, -0.15) is 0 Å². The van der Waals surface area contributed by atoms with Gasteiger partial charge in [-0.1, -0.05) is 12.1 Å². The average molecular weight is 355 g/mol. The number of anilines is 1. The highest BCUT2D eigenvalue weighted by atomic mass is 32.1. The summed E-state index contributed by atoms with van der Waals surface area (Å²) in [6.07, 6.45) is 3.61. The molecule has 0 atom stereocenters. The van der Waals surface area contributed by atoms with Crippen molar-refractivity contribution in [1.29, 1.82) is 0 Å². The van der Waals surface area contributed by atoms with E-state index in [2.05, 4.69) is 32.8 Å². The fourth-order valence-corrected chi connectivity index (χ4v) is 4.25. The Morgan fingerprint density at radius 1 is 1.16 bits per heavy atom. The highest BCUT2D eigenvalue weighted by Gasteiger charge is 2.34. The lowest BCUT2D eigenvalue weighted by Gasteiger charge is -2.38. The van der Waals surface area contributed by atoms with Crippen LogP contribution in [0.5, 0.6) is 5.75 Å². The van der Waals surface area contributed by atoms with E-state index in [-0.39, 0.29) is 5.41 Å². The largest absolute Gasteiger partial charge is 0.497 e. The summed E-state index contributed by atoms with van der Waals surface area (Å²) in [6, 6.07) is 10.4. The second-order valence-electron chi connectivity index (χ2n) is 6.33. The number of methoxy groups -OCH3 is 1. The minimum absolute atomic E-state index is 0.0407. The van der Waals surface area contributed by atoms with E-state index in [4.69, 9.17) is 9.47 Å². The molecule has 0 radical (unpaired) electrons. The molecule has 4 rings (SSSR count). The van der Waals surface area contributed by atoms with Crippen LogP contribution < -0.4 is 10.1 Å². The molecular weight excluding hydrogens is 334 g/mol. The van der Waals surface area contributed by atoms with Gasteiger partial charge in [0.25, 0.3) is 0 Å². The van der Waals surface area contributed by atoms with E-state index in [1.54, 1.807) is 24.8 Å². The minimum atomic E-state index is 0.0407. The van der Waals surface area contributed by atoms with Gasteiger partial charge < -0.3 is 14.8 Å². The van der Waals surface area contributed by atoms with Crippen molar-refractivity contribution in [2.24, 2.45) is 0 Å². The van der Waals surface area contributed by atoms with E-state index >= 15 is 0 Å². The average Bonchev–Trinajstić information content (AvgIpc) is 3.16. The van der Waals surface area contributed by atoms with Gasteiger partial charge in [-0.3, -0.25) is 0 Å². The molecule has 130 valence electrons. The molecule has 3 heterocycles. The van der Waals surface area contributed by atoms with Crippen molar-refractivity contribution >= 4 is 27.4 Å². The van der Waals surface area contributed by atoms with E-state index in [1.165, 1.54) is 5.56 Å². The van der Waals surface area contributed by atoms with Gasteiger partial charge in [0.2, 0.25) is 0 Å². The molecule has 25 heavy (non-hydrogen) atoms. The van der Waals surface area contributed by atoms with Gasteiger partial charge in [0.15, 0.2) is 0 Å². The first kappa shape index (κ1) is 16.3. The molecule has 0 aliphatic carbocycles. The van der Waals surface area contributed by atoms with Crippen LogP contribution in [0, 0.1) is 0 Å². The zero-order chi connectivity index (χ0) is 17.1. The fraction of sp³-hybridized carbons (Fsp3) is 0.368.